The molecule has 0 amide bonds. The number of hydrogen-bond donors (Lipinski definition) is 2. The van der Waals surface area contributed by atoms with E-state index >= 15 is 0 Å². The van der Waals surface area contributed by atoms with Gasteiger partial charge in [-0.2, -0.15) is 0 Å². The second kappa shape index (κ2) is 3.76. The number of hydrogen-bond acceptors (Lipinski definition) is 4. The van der Waals surface area contributed by atoms with Gasteiger partial charge in [-0.05, 0) is 0 Å². The molecule has 0 saturated carbocycles. The van der Waals surface area contributed by atoms with Gasteiger partial charge in [-0.25, -0.2) is 0 Å². The van der Waals surface area contributed by atoms with Crippen molar-refractivity contribution in [3.8, 4) is 0 Å². The van der Waals surface area contributed by atoms with E-state index < -0.39 is 12.6 Å². The fraction of sp³-hybridized carbons (Fsp3) is 1.00. The molecule has 9 heavy (non-hydrogen) atoms. The molecule has 0 aromatic heterocycles. The van der Waals surface area contributed by atoms with Crippen LogP contribution in [-0.2, 0) is 9.47 Å². The van der Waals surface area contributed by atoms with E-state index in [9.17, 15) is 0 Å². The molecule has 5 heteroatoms. The molecular weight excluding hydrogens is 128 g/mol. The second-order valence-corrected chi connectivity index (χ2v) is 1.52. The van der Waals surface area contributed by atoms with Crippen molar-refractivity contribution >= 4 is 0 Å². The molecule has 4 N–H and O–H groups in total. The van der Waals surface area contributed by atoms with Crippen LogP contribution in [0.3, 0.4) is 0 Å². The molecule has 1 saturated heterocycles. The molecule has 0 aromatic rings. The molecule has 0 aromatic carbocycles. The third-order valence-corrected chi connectivity index (χ3v) is 0.904. The van der Waals surface area contributed by atoms with Crippen LogP contribution in [0.2, 0.25) is 0 Å². The number of aliphatic hydroxyl groups is 2. The summed E-state index contributed by atoms with van der Waals surface area (Å²) in [4.78, 5) is 0. The largest absolute Gasteiger partial charge is 0.412 e. The van der Waals surface area contributed by atoms with E-state index in [1.165, 1.54) is 0 Å². The van der Waals surface area contributed by atoms with Crippen LogP contribution in [-0.4, -0.2) is 41.5 Å². The summed E-state index contributed by atoms with van der Waals surface area (Å²) in [6, 6.07) is 0. The molecular formula is C4H10O5. The topological polar surface area (TPSA) is 90.4 Å². The predicted octanol–water partition coefficient (Wildman–Crippen LogP) is -2.15. The minimum atomic E-state index is -1.16. The Kier molecular flexibility index (Phi) is 3.67. The Morgan fingerprint density at radius 3 is 1.56 bits per heavy atom. The molecule has 1 fully saturated rings. The molecule has 2 unspecified atom stereocenters. The highest BCUT2D eigenvalue weighted by Crippen LogP contribution is 2.02. The average molecular weight is 138 g/mol. The molecule has 0 aliphatic carbocycles. The van der Waals surface area contributed by atoms with Gasteiger partial charge in [0.15, 0.2) is 0 Å². The van der Waals surface area contributed by atoms with Crippen molar-refractivity contribution in [3.05, 3.63) is 0 Å². The van der Waals surface area contributed by atoms with Crippen molar-refractivity contribution in [1.82, 2.24) is 0 Å². The van der Waals surface area contributed by atoms with Crippen LogP contribution in [0.25, 0.3) is 0 Å². The van der Waals surface area contributed by atoms with E-state index in [0.29, 0.717) is 13.2 Å². The summed E-state index contributed by atoms with van der Waals surface area (Å²) in [5.41, 5.74) is 0. The van der Waals surface area contributed by atoms with Crippen molar-refractivity contribution < 1.29 is 25.2 Å². The van der Waals surface area contributed by atoms with E-state index in [4.69, 9.17) is 10.2 Å². The standard InChI is InChI=1S/C4H8O4.H2O/c5-3-4(6)8-2-1-7-3;/h3-6H,1-2H2;1H2. The zero-order valence-electron chi connectivity index (χ0n) is 4.78. The van der Waals surface area contributed by atoms with Crippen molar-refractivity contribution in [3.63, 3.8) is 0 Å². The highest BCUT2D eigenvalue weighted by atomic mass is 16.7. The molecule has 2 atom stereocenters. The van der Waals surface area contributed by atoms with Gasteiger partial charge in [0.1, 0.15) is 0 Å². The summed E-state index contributed by atoms with van der Waals surface area (Å²) in [5.74, 6) is 0. The maximum Gasteiger partial charge on any atom is 0.206 e. The maximum atomic E-state index is 8.58. The number of rotatable bonds is 0. The van der Waals surface area contributed by atoms with Crippen molar-refractivity contribution in [1.29, 1.82) is 0 Å². The lowest BCUT2D eigenvalue weighted by Gasteiger charge is -2.23. The van der Waals surface area contributed by atoms with E-state index in [1.807, 2.05) is 0 Å². The van der Waals surface area contributed by atoms with Gasteiger partial charge in [0, 0.05) is 0 Å². The first-order valence-electron chi connectivity index (χ1n) is 2.40. The zero-order chi connectivity index (χ0) is 5.98. The Balaban J connectivity index is 0.000000640. The van der Waals surface area contributed by atoms with Crippen LogP contribution in [0, 0.1) is 0 Å². The summed E-state index contributed by atoms with van der Waals surface area (Å²) in [6.45, 7) is 0.691. The highest BCUT2D eigenvalue weighted by Gasteiger charge is 2.20. The van der Waals surface area contributed by atoms with Gasteiger partial charge in [-0.15, -0.1) is 0 Å². The summed E-state index contributed by atoms with van der Waals surface area (Å²) in [6.07, 6.45) is -2.33. The number of aliphatic hydroxyl groups excluding tert-OH is 2. The highest BCUT2D eigenvalue weighted by molar-refractivity contribution is 4.49. The lowest BCUT2D eigenvalue weighted by atomic mass is 10.5. The summed E-state index contributed by atoms with van der Waals surface area (Å²) in [7, 11) is 0. The quantitative estimate of drug-likeness (QED) is 0.399. The third kappa shape index (κ3) is 2.25. The minimum absolute atomic E-state index is 0. The fourth-order valence-corrected chi connectivity index (χ4v) is 0.502. The molecule has 56 valence electrons. The summed E-state index contributed by atoms with van der Waals surface area (Å²) in [5, 5.41) is 17.2. The van der Waals surface area contributed by atoms with Crippen LogP contribution in [0.5, 0.6) is 0 Å². The first-order chi connectivity index (χ1) is 3.80. The van der Waals surface area contributed by atoms with Crippen LogP contribution < -0.4 is 0 Å². The van der Waals surface area contributed by atoms with Crippen LogP contribution in [0.1, 0.15) is 0 Å². The molecule has 1 aliphatic rings. The average Bonchev–Trinajstić information content (AvgIpc) is 1.77. The maximum absolute atomic E-state index is 8.58. The Labute approximate surface area is 52.1 Å². The van der Waals surface area contributed by atoms with Gasteiger partial charge in [-0.1, -0.05) is 0 Å². The Morgan fingerprint density at radius 2 is 1.33 bits per heavy atom. The molecule has 0 spiro atoms. The summed E-state index contributed by atoms with van der Waals surface area (Å²) < 4.78 is 9.14. The fourth-order valence-electron chi connectivity index (χ4n) is 0.502. The molecule has 1 heterocycles. The summed E-state index contributed by atoms with van der Waals surface area (Å²) >= 11 is 0. The van der Waals surface area contributed by atoms with Gasteiger partial charge in [0.05, 0.1) is 13.2 Å². The molecule has 0 bridgehead atoms. The second-order valence-electron chi connectivity index (χ2n) is 1.52. The minimum Gasteiger partial charge on any atom is -0.412 e. The zero-order valence-corrected chi connectivity index (χ0v) is 4.78. The Morgan fingerprint density at radius 1 is 1.00 bits per heavy atom. The van der Waals surface area contributed by atoms with Crippen LogP contribution in [0.15, 0.2) is 0 Å². The molecule has 1 aliphatic heterocycles. The normalized spacial score (nSPS) is 35.3. The van der Waals surface area contributed by atoms with Crippen molar-refractivity contribution in [2.75, 3.05) is 13.2 Å². The van der Waals surface area contributed by atoms with E-state index in [-0.39, 0.29) is 5.48 Å². The Bertz CT molecular complexity index is 65.4. The number of ether oxygens (including phenoxy) is 2. The van der Waals surface area contributed by atoms with E-state index in [2.05, 4.69) is 9.47 Å². The smallest absolute Gasteiger partial charge is 0.206 e. The van der Waals surface area contributed by atoms with Gasteiger partial charge in [-0.3, -0.25) is 0 Å². The lowest BCUT2D eigenvalue weighted by Crippen LogP contribution is -2.37. The van der Waals surface area contributed by atoms with Crippen molar-refractivity contribution in [2.24, 2.45) is 0 Å². The Hall–Kier alpha value is -0.200. The molecule has 1 rings (SSSR count). The van der Waals surface area contributed by atoms with E-state index in [0.717, 1.165) is 0 Å². The van der Waals surface area contributed by atoms with Crippen LogP contribution in [0.4, 0.5) is 0 Å². The lowest BCUT2D eigenvalue weighted by molar-refractivity contribution is -0.291. The van der Waals surface area contributed by atoms with Gasteiger partial charge < -0.3 is 25.2 Å². The predicted molar refractivity (Wildman–Crippen MR) is 27.5 cm³/mol. The van der Waals surface area contributed by atoms with E-state index in [1.54, 1.807) is 0 Å². The van der Waals surface area contributed by atoms with Crippen LogP contribution >= 0.6 is 0 Å². The SMILES string of the molecule is O.OC1OCCOC1O. The molecule has 5 nitrogen and oxygen atoms in total. The van der Waals surface area contributed by atoms with Gasteiger partial charge in [0.25, 0.3) is 0 Å². The van der Waals surface area contributed by atoms with Gasteiger partial charge >= 0.3 is 0 Å². The van der Waals surface area contributed by atoms with Crippen molar-refractivity contribution in [2.45, 2.75) is 12.6 Å². The third-order valence-electron chi connectivity index (χ3n) is 0.904. The van der Waals surface area contributed by atoms with Gasteiger partial charge in [0.2, 0.25) is 12.6 Å². The molecule has 0 radical (unpaired) electrons. The monoisotopic (exact) mass is 138 g/mol. The first-order valence-corrected chi connectivity index (χ1v) is 2.40. The first kappa shape index (κ1) is 8.80.